The van der Waals surface area contributed by atoms with E-state index in [1.165, 1.54) is 44.9 Å². The topological polar surface area (TPSA) is 62.7 Å². The summed E-state index contributed by atoms with van der Waals surface area (Å²) >= 11 is 0. The van der Waals surface area contributed by atoms with Gasteiger partial charge in [-0.05, 0) is 68.1 Å². The lowest BCUT2D eigenvalue weighted by Gasteiger charge is -2.57. The number of hydrogen-bond donors (Lipinski definition) is 0. The largest absolute Gasteiger partial charge is 0.339 e. The summed E-state index contributed by atoms with van der Waals surface area (Å²) < 4.78 is 5.27. The van der Waals surface area contributed by atoms with E-state index in [9.17, 15) is 0 Å². The molecule has 5 rings (SSSR count). The highest BCUT2D eigenvalue weighted by Gasteiger charge is 2.50. The molecule has 0 spiro atoms. The second kappa shape index (κ2) is 4.58. The van der Waals surface area contributed by atoms with Crippen molar-refractivity contribution in [3.63, 3.8) is 0 Å². The van der Waals surface area contributed by atoms with E-state index in [-0.39, 0.29) is 6.42 Å². The zero-order valence-electron chi connectivity index (χ0n) is 11.8. The average Bonchev–Trinajstić information content (AvgIpc) is 2.83. The molecule has 0 radical (unpaired) electrons. The van der Waals surface area contributed by atoms with Crippen molar-refractivity contribution >= 4 is 0 Å². The molecule has 0 N–H and O–H groups in total. The number of aromatic nitrogens is 2. The van der Waals surface area contributed by atoms with Gasteiger partial charge in [-0.3, -0.25) is 0 Å². The van der Waals surface area contributed by atoms with Crippen molar-refractivity contribution in [1.29, 1.82) is 5.26 Å². The number of nitriles is 1. The quantitative estimate of drug-likeness (QED) is 0.843. The highest BCUT2D eigenvalue weighted by Crippen LogP contribution is 2.61. The minimum Gasteiger partial charge on any atom is -0.339 e. The fraction of sp³-hybridized carbons (Fsp3) is 0.812. The van der Waals surface area contributed by atoms with Gasteiger partial charge in [0.1, 0.15) is 0 Å². The van der Waals surface area contributed by atoms with Gasteiger partial charge in [-0.25, -0.2) is 0 Å². The molecule has 106 valence electrons. The number of hydrogen-bond acceptors (Lipinski definition) is 4. The minimum absolute atomic E-state index is 0.251. The smallest absolute Gasteiger partial charge is 0.226 e. The van der Waals surface area contributed by atoms with Gasteiger partial charge < -0.3 is 4.52 Å². The van der Waals surface area contributed by atoms with E-state index >= 15 is 0 Å². The van der Waals surface area contributed by atoms with Gasteiger partial charge in [0.05, 0.1) is 12.5 Å². The van der Waals surface area contributed by atoms with Crippen molar-refractivity contribution in [2.45, 2.75) is 57.8 Å². The molecule has 0 aliphatic heterocycles. The molecule has 0 amide bonds. The van der Waals surface area contributed by atoms with E-state index in [2.05, 4.69) is 16.2 Å². The van der Waals surface area contributed by atoms with E-state index in [0.717, 1.165) is 30.1 Å². The predicted octanol–water partition coefficient (Wildman–Crippen LogP) is 3.28. The van der Waals surface area contributed by atoms with Crippen LogP contribution in [0.15, 0.2) is 4.52 Å². The molecule has 1 aromatic heterocycles. The van der Waals surface area contributed by atoms with Crippen molar-refractivity contribution in [1.82, 2.24) is 10.1 Å². The molecule has 4 aliphatic rings. The summed E-state index contributed by atoms with van der Waals surface area (Å²) in [4.78, 5) is 4.32. The number of nitrogens with zero attached hydrogens (tertiary/aromatic N) is 3. The van der Waals surface area contributed by atoms with Crippen LogP contribution in [0.1, 0.15) is 56.7 Å². The first kappa shape index (κ1) is 12.4. The molecule has 20 heavy (non-hydrogen) atoms. The van der Waals surface area contributed by atoms with Gasteiger partial charge in [-0.15, -0.1) is 0 Å². The normalized spacial score (nSPS) is 38.0. The molecule has 0 saturated heterocycles. The maximum atomic E-state index is 8.64. The zero-order valence-corrected chi connectivity index (χ0v) is 11.8. The monoisotopic (exact) mass is 271 g/mol. The molecular formula is C16H21N3O. The Hall–Kier alpha value is -1.37. The summed E-state index contributed by atoms with van der Waals surface area (Å²) in [5.41, 5.74) is 0.568. The highest BCUT2D eigenvalue weighted by atomic mass is 16.5. The summed E-state index contributed by atoms with van der Waals surface area (Å²) in [6.07, 6.45) is 11.1. The van der Waals surface area contributed by atoms with Crippen molar-refractivity contribution in [3.05, 3.63) is 11.7 Å². The van der Waals surface area contributed by atoms with Crippen molar-refractivity contribution in [2.75, 3.05) is 0 Å². The summed E-state index contributed by atoms with van der Waals surface area (Å²) in [5, 5.41) is 12.5. The Labute approximate surface area is 119 Å². The Bertz CT molecular complexity index is 507. The first-order valence-corrected chi connectivity index (χ1v) is 7.93. The molecule has 0 aromatic carbocycles. The standard InChI is InChI=1S/C16H21N3O/c17-4-2-14-18-15(20-19-14)1-3-16-8-11-5-12(9-16)7-13(6-11)10-16/h11-13H,1-3,5-10H2. The van der Waals surface area contributed by atoms with Gasteiger partial charge in [0.2, 0.25) is 5.89 Å². The first-order valence-electron chi connectivity index (χ1n) is 7.93. The Morgan fingerprint density at radius 3 is 2.40 bits per heavy atom. The van der Waals surface area contributed by atoms with Crippen LogP contribution in [0.25, 0.3) is 0 Å². The fourth-order valence-electron chi connectivity index (χ4n) is 5.50. The maximum absolute atomic E-state index is 8.64. The molecule has 4 nitrogen and oxygen atoms in total. The molecule has 0 atom stereocenters. The van der Waals surface area contributed by atoms with Gasteiger partial charge in [-0.1, -0.05) is 5.16 Å². The Morgan fingerprint density at radius 2 is 1.80 bits per heavy atom. The van der Waals surface area contributed by atoms with Crippen molar-refractivity contribution in [3.8, 4) is 6.07 Å². The zero-order chi connectivity index (χ0) is 13.6. The van der Waals surface area contributed by atoms with Crippen LogP contribution in [-0.4, -0.2) is 10.1 Å². The minimum atomic E-state index is 0.251. The third-order valence-electron chi connectivity index (χ3n) is 5.78. The lowest BCUT2D eigenvalue weighted by Crippen LogP contribution is -2.46. The van der Waals surface area contributed by atoms with Gasteiger partial charge >= 0.3 is 0 Å². The van der Waals surface area contributed by atoms with Crippen LogP contribution >= 0.6 is 0 Å². The van der Waals surface area contributed by atoms with E-state index < -0.39 is 0 Å². The highest BCUT2D eigenvalue weighted by molar-refractivity contribution is 5.02. The van der Waals surface area contributed by atoms with Gasteiger partial charge in [0.15, 0.2) is 5.82 Å². The van der Waals surface area contributed by atoms with Gasteiger partial charge in [0.25, 0.3) is 0 Å². The lowest BCUT2D eigenvalue weighted by atomic mass is 9.48. The van der Waals surface area contributed by atoms with Gasteiger partial charge in [-0.2, -0.15) is 10.2 Å². The molecule has 0 unspecified atom stereocenters. The first-order chi connectivity index (χ1) is 9.75. The Balaban J connectivity index is 1.42. The summed E-state index contributed by atoms with van der Waals surface area (Å²) in [5.74, 6) is 4.26. The molecule has 4 saturated carbocycles. The van der Waals surface area contributed by atoms with E-state index in [1.54, 1.807) is 0 Å². The van der Waals surface area contributed by atoms with Crippen molar-refractivity contribution < 1.29 is 4.52 Å². The molecule has 1 heterocycles. The van der Waals surface area contributed by atoms with E-state index in [0.29, 0.717) is 11.2 Å². The summed E-state index contributed by atoms with van der Waals surface area (Å²) in [6.45, 7) is 0. The van der Waals surface area contributed by atoms with Crippen LogP contribution in [0.2, 0.25) is 0 Å². The van der Waals surface area contributed by atoms with E-state index in [1.807, 2.05) is 0 Å². The molecular weight excluding hydrogens is 250 g/mol. The summed E-state index contributed by atoms with van der Waals surface area (Å²) in [7, 11) is 0. The second-order valence-corrected chi connectivity index (χ2v) is 7.36. The average molecular weight is 271 g/mol. The predicted molar refractivity (Wildman–Crippen MR) is 72.5 cm³/mol. The Kier molecular flexibility index (Phi) is 2.83. The second-order valence-electron chi connectivity index (χ2n) is 7.36. The molecule has 4 bridgehead atoms. The Morgan fingerprint density at radius 1 is 1.15 bits per heavy atom. The van der Waals surface area contributed by atoms with Crippen LogP contribution in [-0.2, 0) is 12.8 Å². The van der Waals surface area contributed by atoms with Crippen LogP contribution in [0, 0.1) is 34.5 Å². The fourth-order valence-corrected chi connectivity index (χ4v) is 5.50. The van der Waals surface area contributed by atoms with Gasteiger partial charge in [0, 0.05) is 6.42 Å². The maximum Gasteiger partial charge on any atom is 0.226 e. The SMILES string of the molecule is N#CCc1noc(CCC23CC4CC(CC(C4)C2)C3)n1. The van der Waals surface area contributed by atoms with Crippen LogP contribution in [0.5, 0.6) is 0 Å². The molecule has 4 fully saturated rings. The molecule has 4 aliphatic carbocycles. The molecule has 1 aromatic rings. The molecule has 4 heteroatoms. The third kappa shape index (κ3) is 2.13. The number of aryl methyl sites for hydroxylation is 1. The van der Waals surface area contributed by atoms with E-state index in [4.69, 9.17) is 9.78 Å². The lowest BCUT2D eigenvalue weighted by molar-refractivity contribution is -0.0577. The van der Waals surface area contributed by atoms with Crippen LogP contribution in [0.4, 0.5) is 0 Å². The van der Waals surface area contributed by atoms with Crippen LogP contribution < -0.4 is 0 Å². The number of rotatable bonds is 4. The third-order valence-corrected chi connectivity index (χ3v) is 5.78. The summed E-state index contributed by atoms with van der Waals surface area (Å²) in [6, 6.07) is 2.06. The van der Waals surface area contributed by atoms with Crippen LogP contribution in [0.3, 0.4) is 0 Å². The van der Waals surface area contributed by atoms with Crippen molar-refractivity contribution in [2.24, 2.45) is 23.2 Å².